The number of imide groups is 1. The molecular formula is C25H23N3O5. The van der Waals surface area contributed by atoms with Crippen molar-refractivity contribution in [2.75, 3.05) is 19.6 Å². The summed E-state index contributed by atoms with van der Waals surface area (Å²) in [5.41, 5.74) is -0.245. The highest BCUT2D eigenvalue weighted by Crippen LogP contribution is 2.30. The Kier molecular flexibility index (Phi) is 5.20. The molecule has 4 amide bonds. The first-order valence-corrected chi connectivity index (χ1v) is 11.0. The van der Waals surface area contributed by atoms with Crippen molar-refractivity contribution in [3.8, 4) is 0 Å². The van der Waals surface area contributed by atoms with E-state index in [0.29, 0.717) is 36.8 Å². The summed E-state index contributed by atoms with van der Waals surface area (Å²) in [6.45, 7) is 0.810. The van der Waals surface area contributed by atoms with E-state index in [0.717, 1.165) is 5.56 Å². The first-order chi connectivity index (χ1) is 16.0. The number of hydrogen-bond donors (Lipinski definition) is 1. The Bertz CT molecular complexity index is 1290. The van der Waals surface area contributed by atoms with Crippen LogP contribution in [0.1, 0.15) is 28.8 Å². The standard InChI is InChI=1S/C25H23N3O5/c29-21(19-16-18-8-4-5-9-20(18)33-22(19)30)27-14-11-25(12-15-27)23(31)28(24(32)26-25)13-10-17-6-2-1-3-7-17/h1-9,16H,10-15H2,(H,26,32). The molecule has 1 N–H and O–H groups in total. The molecule has 168 valence electrons. The van der Waals surface area contributed by atoms with Crippen LogP contribution < -0.4 is 10.9 Å². The highest BCUT2D eigenvalue weighted by molar-refractivity contribution is 6.07. The van der Waals surface area contributed by atoms with Gasteiger partial charge >= 0.3 is 11.7 Å². The van der Waals surface area contributed by atoms with Crippen molar-refractivity contribution in [2.45, 2.75) is 24.8 Å². The summed E-state index contributed by atoms with van der Waals surface area (Å²) < 4.78 is 5.29. The predicted octanol–water partition coefficient (Wildman–Crippen LogP) is 2.56. The van der Waals surface area contributed by atoms with Gasteiger partial charge in [0.25, 0.3) is 11.8 Å². The van der Waals surface area contributed by atoms with Crippen LogP contribution in [0, 0.1) is 0 Å². The molecule has 0 unspecified atom stereocenters. The Labute approximate surface area is 189 Å². The van der Waals surface area contributed by atoms with Gasteiger partial charge < -0.3 is 14.6 Å². The van der Waals surface area contributed by atoms with Crippen LogP contribution in [0.3, 0.4) is 0 Å². The Hall–Kier alpha value is -3.94. The molecule has 0 atom stereocenters. The van der Waals surface area contributed by atoms with Crippen molar-refractivity contribution < 1.29 is 18.8 Å². The molecular weight excluding hydrogens is 422 g/mol. The normalized spacial score (nSPS) is 17.6. The topological polar surface area (TPSA) is 99.9 Å². The molecule has 5 rings (SSSR count). The van der Waals surface area contributed by atoms with E-state index in [1.807, 2.05) is 30.3 Å². The first-order valence-electron chi connectivity index (χ1n) is 11.0. The summed E-state index contributed by atoms with van der Waals surface area (Å²) in [5.74, 6) is -0.678. The largest absolute Gasteiger partial charge is 0.422 e. The van der Waals surface area contributed by atoms with Gasteiger partial charge in [-0.3, -0.25) is 14.5 Å². The fourth-order valence-corrected chi connectivity index (χ4v) is 4.58. The van der Waals surface area contributed by atoms with E-state index in [2.05, 4.69) is 5.32 Å². The number of carbonyl (C=O) groups is 3. The third kappa shape index (κ3) is 3.77. The quantitative estimate of drug-likeness (QED) is 0.492. The number of likely N-dealkylation sites (tertiary alicyclic amines) is 1. The van der Waals surface area contributed by atoms with E-state index in [9.17, 15) is 19.2 Å². The minimum atomic E-state index is -1.00. The van der Waals surface area contributed by atoms with Crippen LogP contribution >= 0.6 is 0 Å². The first kappa shape index (κ1) is 20.9. The van der Waals surface area contributed by atoms with E-state index in [4.69, 9.17) is 4.42 Å². The summed E-state index contributed by atoms with van der Waals surface area (Å²) in [4.78, 5) is 53.9. The van der Waals surface area contributed by atoms with Crippen LogP contribution in [0.25, 0.3) is 11.0 Å². The summed E-state index contributed by atoms with van der Waals surface area (Å²) in [6.07, 6.45) is 1.17. The van der Waals surface area contributed by atoms with Crippen molar-refractivity contribution in [2.24, 2.45) is 0 Å². The lowest BCUT2D eigenvalue weighted by atomic mass is 9.87. The maximum Gasteiger partial charge on any atom is 0.349 e. The molecule has 2 aliphatic heterocycles. The fourth-order valence-electron chi connectivity index (χ4n) is 4.58. The van der Waals surface area contributed by atoms with Gasteiger partial charge in [-0.05, 0) is 37.0 Å². The summed E-state index contributed by atoms with van der Waals surface area (Å²) >= 11 is 0. The number of amides is 4. The second kappa shape index (κ2) is 8.20. The second-order valence-electron chi connectivity index (χ2n) is 8.48. The Morgan fingerprint density at radius 1 is 0.970 bits per heavy atom. The average Bonchev–Trinajstić information content (AvgIpc) is 3.06. The molecule has 2 aromatic carbocycles. The van der Waals surface area contributed by atoms with Crippen molar-refractivity contribution >= 4 is 28.8 Å². The zero-order valence-electron chi connectivity index (χ0n) is 18.0. The second-order valence-corrected chi connectivity index (χ2v) is 8.48. The predicted molar refractivity (Wildman–Crippen MR) is 121 cm³/mol. The number of rotatable bonds is 4. The lowest BCUT2D eigenvalue weighted by Gasteiger charge is -2.37. The molecule has 8 heteroatoms. The van der Waals surface area contributed by atoms with Gasteiger partial charge in [-0.2, -0.15) is 0 Å². The molecule has 3 heterocycles. The molecule has 0 saturated carbocycles. The Morgan fingerprint density at radius 3 is 2.42 bits per heavy atom. The minimum absolute atomic E-state index is 0.0316. The van der Waals surface area contributed by atoms with Gasteiger partial charge in [-0.15, -0.1) is 0 Å². The molecule has 0 radical (unpaired) electrons. The van der Waals surface area contributed by atoms with Crippen LogP contribution in [0.4, 0.5) is 4.79 Å². The van der Waals surface area contributed by atoms with Gasteiger partial charge in [0.1, 0.15) is 16.7 Å². The van der Waals surface area contributed by atoms with Crippen molar-refractivity contribution in [1.82, 2.24) is 15.1 Å². The molecule has 2 aliphatic rings. The van der Waals surface area contributed by atoms with Crippen LogP contribution in [0.15, 0.2) is 69.9 Å². The zero-order chi connectivity index (χ0) is 23.0. The highest BCUT2D eigenvalue weighted by Gasteiger charge is 2.52. The molecule has 2 saturated heterocycles. The van der Waals surface area contributed by atoms with E-state index < -0.39 is 23.1 Å². The molecule has 33 heavy (non-hydrogen) atoms. The van der Waals surface area contributed by atoms with Crippen molar-refractivity contribution in [1.29, 1.82) is 0 Å². The number of fused-ring (bicyclic) bond motifs is 1. The number of urea groups is 1. The van der Waals surface area contributed by atoms with E-state index in [-0.39, 0.29) is 24.6 Å². The van der Waals surface area contributed by atoms with Gasteiger partial charge in [0, 0.05) is 25.0 Å². The smallest absolute Gasteiger partial charge is 0.349 e. The molecule has 1 spiro atoms. The third-order valence-corrected chi connectivity index (χ3v) is 6.49. The SMILES string of the molecule is O=C(c1cc2ccccc2oc1=O)N1CCC2(CC1)NC(=O)N(CCc1ccccc1)C2=O. The van der Waals surface area contributed by atoms with E-state index in [1.54, 1.807) is 35.2 Å². The van der Waals surface area contributed by atoms with Crippen molar-refractivity contribution in [3.05, 3.63) is 82.2 Å². The summed E-state index contributed by atoms with van der Waals surface area (Å²) in [5, 5.41) is 3.53. The molecule has 8 nitrogen and oxygen atoms in total. The van der Waals surface area contributed by atoms with E-state index in [1.165, 1.54) is 4.90 Å². The maximum absolute atomic E-state index is 13.1. The third-order valence-electron chi connectivity index (χ3n) is 6.49. The minimum Gasteiger partial charge on any atom is -0.422 e. The van der Waals surface area contributed by atoms with Gasteiger partial charge in [0.05, 0.1) is 0 Å². The van der Waals surface area contributed by atoms with Crippen LogP contribution in [0.2, 0.25) is 0 Å². The van der Waals surface area contributed by atoms with Crippen LogP contribution in [-0.2, 0) is 11.2 Å². The molecule has 2 fully saturated rings. The number of benzene rings is 2. The molecule has 3 aromatic rings. The zero-order valence-corrected chi connectivity index (χ0v) is 18.0. The Morgan fingerprint density at radius 2 is 1.67 bits per heavy atom. The highest BCUT2D eigenvalue weighted by atomic mass is 16.4. The van der Waals surface area contributed by atoms with Gasteiger partial charge in [0.15, 0.2) is 0 Å². The number of nitrogens with one attached hydrogen (secondary N) is 1. The molecule has 0 bridgehead atoms. The lowest BCUT2D eigenvalue weighted by molar-refractivity contribution is -0.132. The van der Waals surface area contributed by atoms with Gasteiger partial charge in [0.2, 0.25) is 0 Å². The Balaban J connectivity index is 1.27. The molecule has 1 aromatic heterocycles. The molecule has 0 aliphatic carbocycles. The van der Waals surface area contributed by atoms with Crippen LogP contribution in [-0.4, -0.2) is 52.8 Å². The number of carbonyl (C=O) groups excluding carboxylic acids is 3. The fraction of sp³-hybridized carbons (Fsp3) is 0.280. The lowest BCUT2D eigenvalue weighted by Crippen LogP contribution is -2.56. The number of hydrogen-bond acceptors (Lipinski definition) is 5. The number of para-hydroxylation sites is 1. The van der Waals surface area contributed by atoms with Gasteiger partial charge in [-0.1, -0.05) is 48.5 Å². The summed E-state index contributed by atoms with van der Waals surface area (Å²) in [7, 11) is 0. The van der Waals surface area contributed by atoms with Crippen molar-refractivity contribution in [3.63, 3.8) is 0 Å². The number of piperidine rings is 1. The van der Waals surface area contributed by atoms with Crippen LogP contribution in [0.5, 0.6) is 0 Å². The number of nitrogens with zero attached hydrogens (tertiary/aromatic N) is 2. The average molecular weight is 445 g/mol. The van der Waals surface area contributed by atoms with Gasteiger partial charge in [-0.25, -0.2) is 9.59 Å². The monoisotopic (exact) mass is 445 g/mol. The summed E-state index contributed by atoms with van der Waals surface area (Å²) in [6, 6.07) is 17.8. The van der Waals surface area contributed by atoms with E-state index >= 15 is 0 Å². The maximum atomic E-state index is 13.1.